The van der Waals surface area contributed by atoms with Gasteiger partial charge in [-0.1, -0.05) is 29.3 Å². The summed E-state index contributed by atoms with van der Waals surface area (Å²) in [5, 5.41) is 13.2. The summed E-state index contributed by atoms with van der Waals surface area (Å²) >= 11 is 12.7. The van der Waals surface area contributed by atoms with Gasteiger partial charge in [-0.05, 0) is 68.2 Å². The molecular formula is C24H25Cl2N3O2. The van der Waals surface area contributed by atoms with Crippen LogP contribution in [0, 0.1) is 11.8 Å². The van der Waals surface area contributed by atoms with Crippen molar-refractivity contribution >= 4 is 45.9 Å². The number of aryl methyl sites for hydroxylation is 1. The number of halogens is 2. The standard InChI is InChI=1S/C24H25Cl2N3O2/c1-31-20-10-8-17(24(30,14-3-4-14)15-5-6-15)22-21(20)27-23-28(11-2-12-29(22)23)19-9-7-16(25)13-18(19)26/h7-10,13-15,30H,2-6,11-12H2,1H3. The highest BCUT2D eigenvalue weighted by Gasteiger charge is 2.55. The molecule has 162 valence electrons. The van der Waals surface area contributed by atoms with Crippen molar-refractivity contribution in [1.82, 2.24) is 9.55 Å². The van der Waals surface area contributed by atoms with Crippen molar-refractivity contribution in [1.29, 1.82) is 0 Å². The van der Waals surface area contributed by atoms with E-state index in [-0.39, 0.29) is 0 Å². The van der Waals surface area contributed by atoms with Crippen molar-refractivity contribution in [3.63, 3.8) is 0 Å². The number of fused-ring (bicyclic) bond motifs is 3. The third-order valence-electron chi connectivity index (χ3n) is 7.09. The summed E-state index contributed by atoms with van der Waals surface area (Å²) in [5.74, 6) is 2.25. The first-order valence-corrected chi connectivity index (χ1v) is 11.8. The lowest BCUT2D eigenvalue weighted by molar-refractivity contribution is -0.00909. The van der Waals surface area contributed by atoms with E-state index in [2.05, 4.69) is 15.5 Å². The number of aliphatic hydroxyl groups is 1. The van der Waals surface area contributed by atoms with Crippen molar-refractivity contribution in [2.45, 2.75) is 44.2 Å². The second kappa shape index (κ2) is 7.03. The van der Waals surface area contributed by atoms with Gasteiger partial charge in [0, 0.05) is 23.7 Å². The van der Waals surface area contributed by atoms with Crippen LogP contribution in [0.2, 0.25) is 10.0 Å². The Morgan fingerprint density at radius 3 is 2.45 bits per heavy atom. The number of ether oxygens (including phenoxy) is 1. The van der Waals surface area contributed by atoms with Gasteiger partial charge in [-0.15, -0.1) is 0 Å². The highest BCUT2D eigenvalue weighted by Crippen LogP contribution is 2.59. The lowest BCUT2D eigenvalue weighted by atomic mass is 9.83. The predicted molar refractivity (Wildman–Crippen MR) is 124 cm³/mol. The molecule has 2 heterocycles. The molecule has 0 radical (unpaired) electrons. The normalized spacial score (nSPS) is 19.0. The molecule has 0 bridgehead atoms. The zero-order chi connectivity index (χ0) is 21.3. The first kappa shape index (κ1) is 19.7. The van der Waals surface area contributed by atoms with Gasteiger partial charge in [-0.2, -0.15) is 0 Å². The molecule has 0 amide bonds. The average molecular weight is 458 g/mol. The Labute approximate surface area is 191 Å². The predicted octanol–water partition coefficient (Wildman–Crippen LogP) is 5.90. The maximum atomic E-state index is 12.0. The molecule has 3 aliphatic rings. The number of nitrogens with zero attached hydrogens (tertiary/aromatic N) is 3. The van der Waals surface area contributed by atoms with Crippen molar-refractivity contribution in [2.24, 2.45) is 11.8 Å². The molecule has 7 heteroatoms. The molecule has 3 aromatic rings. The van der Waals surface area contributed by atoms with Crippen LogP contribution in [0.5, 0.6) is 5.75 Å². The fourth-order valence-corrected chi connectivity index (χ4v) is 5.85. The Hall–Kier alpha value is -1.95. The van der Waals surface area contributed by atoms with Gasteiger partial charge in [0.2, 0.25) is 5.95 Å². The van der Waals surface area contributed by atoms with E-state index >= 15 is 0 Å². The average Bonchev–Trinajstić information content (AvgIpc) is 3.67. The summed E-state index contributed by atoms with van der Waals surface area (Å²) < 4.78 is 7.93. The van der Waals surface area contributed by atoms with Gasteiger partial charge in [0.1, 0.15) is 11.3 Å². The van der Waals surface area contributed by atoms with Crippen LogP contribution in [-0.4, -0.2) is 28.3 Å². The molecule has 2 aliphatic carbocycles. The van der Waals surface area contributed by atoms with Crippen molar-refractivity contribution in [3.8, 4) is 5.75 Å². The number of anilines is 2. The van der Waals surface area contributed by atoms with Crippen LogP contribution >= 0.6 is 23.2 Å². The number of hydrogen-bond donors (Lipinski definition) is 1. The lowest BCUT2D eigenvalue weighted by Gasteiger charge is -2.32. The van der Waals surface area contributed by atoms with E-state index in [0.29, 0.717) is 21.9 Å². The van der Waals surface area contributed by atoms with E-state index in [1.165, 1.54) is 0 Å². The second-order valence-corrected chi connectivity index (χ2v) is 9.89. The van der Waals surface area contributed by atoms with Crippen LogP contribution in [0.3, 0.4) is 0 Å². The number of aromatic nitrogens is 2. The van der Waals surface area contributed by atoms with Crippen molar-refractivity contribution in [3.05, 3.63) is 45.9 Å². The maximum absolute atomic E-state index is 12.0. The lowest BCUT2D eigenvalue weighted by Crippen LogP contribution is -2.33. The largest absolute Gasteiger partial charge is 0.494 e. The molecule has 1 aromatic heterocycles. The number of methoxy groups -OCH3 is 1. The smallest absolute Gasteiger partial charge is 0.211 e. The fraction of sp³-hybridized carbons (Fsp3) is 0.458. The van der Waals surface area contributed by atoms with Crippen LogP contribution in [-0.2, 0) is 12.1 Å². The molecule has 31 heavy (non-hydrogen) atoms. The topological polar surface area (TPSA) is 50.5 Å². The Bertz CT molecular complexity index is 1170. The van der Waals surface area contributed by atoms with Gasteiger partial charge in [-0.3, -0.25) is 0 Å². The van der Waals surface area contributed by atoms with E-state index < -0.39 is 5.60 Å². The minimum Gasteiger partial charge on any atom is -0.494 e. The van der Waals surface area contributed by atoms with Gasteiger partial charge < -0.3 is 19.3 Å². The van der Waals surface area contributed by atoms with Crippen LogP contribution in [0.4, 0.5) is 11.6 Å². The van der Waals surface area contributed by atoms with Crippen LogP contribution in [0.25, 0.3) is 11.0 Å². The molecule has 5 nitrogen and oxygen atoms in total. The van der Waals surface area contributed by atoms with Gasteiger partial charge in [-0.25, -0.2) is 4.98 Å². The quantitative estimate of drug-likeness (QED) is 0.517. The van der Waals surface area contributed by atoms with E-state index in [1.807, 2.05) is 18.2 Å². The van der Waals surface area contributed by atoms with Crippen LogP contribution in [0.15, 0.2) is 30.3 Å². The first-order valence-electron chi connectivity index (χ1n) is 11.0. The molecule has 1 N–H and O–H groups in total. The Morgan fingerprint density at radius 2 is 1.81 bits per heavy atom. The summed E-state index contributed by atoms with van der Waals surface area (Å²) in [5.41, 5.74) is 2.94. The summed E-state index contributed by atoms with van der Waals surface area (Å²) in [7, 11) is 1.68. The number of rotatable bonds is 5. The molecular weight excluding hydrogens is 433 g/mol. The first-order chi connectivity index (χ1) is 15.0. The van der Waals surface area contributed by atoms with Crippen molar-refractivity contribution < 1.29 is 9.84 Å². The molecule has 1 aliphatic heterocycles. The van der Waals surface area contributed by atoms with E-state index in [0.717, 1.165) is 79.2 Å². The number of hydrogen-bond acceptors (Lipinski definition) is 4. The third-order valence-corrected chi connectivity index (χ3v) is 7.63. The Balaban J connectivity index is 1.59. The molecule has 2 fully saturated rings. The van der Waals surface area contributed by atoms with Gasteiger partial charge in [0.05, 0.1) is 28.9 Å². The van der Waals surface area contributed by atoms with Gasteiger partial charge >= 0.3 is 0 Å². The Kier molecular flexibility index (Phi) is 4.47. The highest BCUT2D eigenvalue weighted by molar-refractivity contribution is 6.36. The SMILES string of the molecule is COc1ccc(C(O)(C2CC2)C2CC2)c2c1nc1n2CCCN1c1ccc(Cl)cc1Cl. The van der Waals surface area contributed by atoms with Gasteiger partial charge in [0.25, 0.3) is 0 Å². The minimum absolute atomic E-state index is 0.341. The van der Waals surface area contributed by atoms with E-state index in [9.17, 15) is 5.11 Å². The Morgan fingerprint density at radius 1 is 1.06 bits per heavy atom. The highest BCUT2D eigenvalue weighted by atomic mass is 35.5. The summed E-state index contributed by atoms with van der Waals surface area (Å²) in [4.78, 5) is 7.19. The molecule has 0 saturated heterocycles. The zero-order valence-electron chi connectivity index (χ0n) is 17.4. The molecule has 0 spiro atoms. The fourth-order valence-electron chi connectivity index (χ4n) is 5.34. The second-order valence-electron chi connectivity index (χ2n) is 9.05. The van der Waals surface area contributed by atoms with E-state index in [1.54, 1.807) is 13.2 Å². The molecule has 2 saturated carbocycles. The third kappa shape index (κ3) is 2.97. The zero-order valence-corrected chi connectivity index (χ0v) is 19.0. The number of imidazole rings is 1. The summed E-state index contributed by atoms with van der Waals surface area (Å²) in [6.07, 6.45) is 5.32. The monoisotopic (exact) mass is 457 g/mol. The molecule has 6 rings (SSSR count). The summed E-state index contributed by atoms with van der Waals surface area (Å²) in [6, 6.07) is 9.61. The molecule has 0 atom stereocenters. The van der Waals surface area contributed by atoms with Crippen molar-refractivity contribution in [2.75, 3.05) is 18.6 Å². The van der Waals surface area contributed by atoms with E-state index in [4.69, 9.17) is 32.9 Å². The summed E-state index contributed by atoms with van der Waals surface area (Å²) in [6.45, 7) is 1.66. The van der Waals surface area contributed by atoms with Gasteiger partial charge in [0.15, 0.2) is 0 Å². The number of benzene rings is 2. The maximum Gasteiger partial charge on any atom is 0.211 e. The molecule has 2 aromatic carbocycles. The van der Waals surface area contributed by atoms with Crippen LogP contribution in [0.1, 0.15) is 37.7 Å². The minimum atomic E-state index is -0.776. The van der Waals surface area contributed by atoms with Crippen LogP contribution < -0.4 is 9.64 Å². The molecule has 0 unspecified atom stereocenters.